The van der Waals surface area contributed by atoms with E-state index in [4.69, 9.17) is 0 Å². The van der Waals surface area contributed by atoms with Crippen LogP contribution in [0, 0.1) is 27.7 Å². The van der Waals surface area contributed by atoms with Crippen LogP contribution in [0.1, 0.15) is 38.3 Å². The fourth-order valence-corrected chi connectivity index (χ4v) is 3.16. The predicted molar refractivity (Wildman–Crippen MR) is 78.4 cm³/mol. The quantitative estimate of drug-likeness (QED) is 0.910. The van der Waals surface area contributed by atoms with Crippen molar-refractivity contribution in [3.8, 4) is 0 Å². The molecule has 1 aromatic heterocycles. The molecule has 2 nitrogen and oxygen atoms in total. The fourth-order valence-electron chi connectivity index (χ4n) is 2.10. The van der Waals surface area contributed by atoms with Crippen LogP contribution in [0.2, 0.25) is 0 Å². The Bertz CT molecular complexity index is 538. The zero-order valence-electron chi connectivity index (χ0n) is 11.7. The van der Waals surface area contributed by atoms with E-state index < -0.39 is 0 Å². The number of thiazole rings is 1. The third-order valence-electron chi connectivity index (χ3n) is 3.33. The van der Waals surface area contributed by atoms with E-state index in [9.17, 15) is 0 Å². The van der Waals surface area contributed by atoms with Gasteiger partial charge in [-0.2, -0.15) is 0 Å². The molecule has 0 aliphatic carbocycles. The van der Waals surface area contributed by atoms with E-state index in [0.29, 0.717) is 0 Å². The number of aryl methyl sites for hydroxylation is 4. The minimum Gasteiger partial charge on any atom is -0.307 e. The lowest BCUT2D eigenvalue weighted by Crippen LogP contribution is -2.18. The highest BCUT2D eigenvalue weighted by molar-refractivity contribution is 7.11. The highest BCUT2D eigenvalue weighted by Crippen LogP contribution is 2.29. The lowest BCUT2D eigenvalue weighted by molar-refractivity contribution is 0.680. The van der Waals surface area contributed by atoms with Gasteiger partial charge in [-0.25, -0.2) is 4.98 Å². The van der Waals surface area contributed by atoms with Crippen molar-refractivity contribution in [3.63, 3.8) is 0 Å². The third kappa shape index (κ3) is 2.47. The largest absolute Gasteiger partial charge is 0.307 e. The topological polar surface area (TPSA) is 24.9 Å². The van der Waals surface area contributed by atoms with Crippen LogP contribution in [-0.4, -0.2) is 12.0 Å². The molecule has 1 aromatic carbocycles. The second kappa shape index (κ2) is 5.21. The predicted octanol–water partition coefficient (Wildman–Crippen LogP) is 3.69. The lowest BCUT2D eigenvalue weighted by Gasteiger charge is -2.17. The average molecular weight is 260 g/mol. The van der Waals surface area contributed by atoms with Gasteiger partial charge in [-0.3, -0.25) is 0 Å². The zero-order valence-corrected chi connectivity index (χ0v) is 12.5. The highest BCUT2D eigenvalue weighted by atomic mass is 32.1. The highest BCUT2D eigenvalue weighted by Gasteiger charge is 2.18. The van der Waals surface area contributed by atoms with Gasteiger partial charge in [0, 0.05) is 4.88 Å². The van der Waals surface area contributed by atoms with Crippen LogP contribution in [0.25, 0.3) is 0 Å². The summed E-state index contributed by atoms with van der Waals surface area (Å²) in [5.41, 5.74) is 5.07. The van der Waals surface area contributed by atoms with Crippen molar-refractivity contribution >= 4 is 11.3 Å². The second-order valence-corrected chi connectivity index (χ2v) is 6.01. The molecule has 1 heterocycles. The first kappa shape index (κ1) is 13.2. The van der Waals surface area contributed by atoms with Crippen molar-refractivity contribution in [2.75, 3.05) is 7.05 Å². The first-order valence-corrected chi connectivity index (χ1v) is 7.03. The maximum absolute atomic E-state index is 4.68. The summed E-state index contributed by atoms with van der Waals surface area (Å²) in [4.78, 5) is 5.99. The Morgan fingerprint density at radius 2 is 1.89 bits per heavy atom. The normalized spacial score (nSPS) is 12.7. The first-order valence-electron chi connectivity index (χ1n) is 6.21. The molecule has 0 fully saturated rings. The molecular formula is C15H20N2S. The third-order valence-corrected chi connectivity index (χ3v) is 4.46. The molecule has 0 aliphatic heterocycles. The van der Waals surface area contributed by atoms with Gasteiger partial charge in [0.15, 0.2) is 0 Å². The molecule has 2 rings (SSSR count). The van der Waals surface area contributed by atoms with Crippen LogP contribution in [0.4, 0.5) is 0 Å². The van der Waals surface area contributed by atoms with E-state index in [0.717, 1.165) is 10.7 Å². The number of nitrogens with one attached hydrogen (secondary N) is 1. The molecule has 2 aromatic rings. The summed E-state index contributed by atoms with van der Waals surface area (Å²) in [5, 5.41) is 4.55. The molecule has 0 saturated heterocycles. The number of hydrogen-bond donors (Lipinski definition) is 1. The average Bonchev–Trinajstić information content (AvgIpc) is 2.65. The van der Waals surface area contributed by atoms with E-state index >= 15 is 0 Å². The van der Waals surface area contributed by atoms with Gasteiger partial charge in [0.25, 0.3) is 0 Å². The summed E-state index contributed by atoms with van der Waals surface area (Å²) in [6.45, 7) is 8.50. The molecule has 1 N–H and O–H groups in total. The summed E-state index contributed by atoms with van der Waals surface area (Å²) in [5.74, 6) is 0. The van der Waals surface area contributed by atoms with E-state index in [1.54, 1.807) is 11.3 Å². The standard InChI is InChI=1S/C15H20N2S/c1-9-6-7-10(2)13(8-9)14(16-5)15-17-11(3)12(4)18-15/h6-8,14,16H,1-5H3. The van der Waals surface area contributed by atoms with Crippen molar-refractivity contribution in [3.05, 3.63) is 50.5 Å². The van der Waals surface area contributed by atoms with E-state index in [-0.39, 0.29) is 6.04 Å². The lowest BCUT2D eigenvalue weighted by atomic mass is 9.99. The molecular weight excluding hydrogens is 240 g/mol. The smallest absolute Gasteiger partial charge is 0.115 e. The van der Waals surface area contributed by atoms with Gasteiger partial charge < -0.3 is 5.32 Å². The van der Waals surface area contributed by atoms with Gasteiger partial charge in [-0.15, -0.1) is 11.3 Å². The monoisotopic (exact) mass is 260 g/mol. The van der Waals surface area contributed by atoms with Crippen LogP contribution >= 0.6 is 11.3 Å². The molecule has 0 aliphatic rings. The molecule has 3 heteroatoms. The summed E-state index contributed by atoms with van der Waals surface area (Å²) < 4.78 is 0. The summed E-state index contributed by atoms with van der Waals surface area (Å²) in [6.07, 6.45) is 0. The van der Waals surface area contributed by atoms with Crippen molar-refractivity contribution in [1.82, 2.24) is 10.3 Å². The van der Waals surface area contributed by atoms with Crippen LogP contribution in [0.3, 0.4) is 0 Å². The summed E-state index contributed by atoms with van der Waals surface area (Å²) in [7, 11) is 2.00. The Balaban J connectivity index is 2.48. The van der Waals surface area contributed by atoms with Crippen molar-refractivity contribution in [2.24, 2.45) is 0 Å². The first-order chi connectivity index (χ1) is 8.52. The molecule has 18 heavy (non-hydrogen) atoms. The minimum absolute atomic E-state index is 0.197. The Labute approximate surface area is 113 Å². The van der Waals surface area contributed by atoms with Crippen LogP contribution in [0.5, 0.6) is 0 Å². The molecule has 0 radical (unpaired) electrons. The number of aromatic nitrogens is 1. The molecule has 0 spiro atoms. The van der Waals surface area contributed by atoms with E-state index in [1.165, 1.54) is 21.6 Å². The van der Waals surface area contributed by atoms with Crippen LogP contribution in [0.15, 0.2) is 18.2 Å². The van der Waals surface area contributed by atoms with Gasteiger partial charge in [-0.05, 0) is 45.9 Å². The molecule has 0 saturated carbocycles. The zero-order chi connectivity index (χ0) is 13.3. The summed E-state index contributed by atoms with van der Waals surface area (Å²) >= 11 is 1.78. The molecule has 1 atom stereocenters. The fraction of sp³-hybridized carbons (Fsp3) is 0.400. The van der Waals surface area contributed by atoms with Crippen molar-refractivity contribution < 1.29 is 0 Å². The minimum atomic E-state index is 0.197. The van der Waals surface area contributed by atoms with Gasteiger partial charge in [-0.1, -0.05) is 23.8 Å². The number of hydrogen-bond acceptors (Lipinski definition) is 3. The molecule has 0 bridgehead atoms. The van der Waals surface area contributed by atoms with Crippen molar-refractivity contribution in [2.45, 2.75) is 33.7 Å². The SMILES string of the molecule is CNC(c1nc(C)c(C)s1)c1cc(C)ccc1C. The molecule has 0 amide bonds. The van der Waals surface area contributed by atoms with Gasteiger partial charge in [0.2, 0.25) is 0 Å². The summed E-state index contributed by atoms with van der Waals surface area (Å²) in [6, 6.07) is 6.79. The van der Waals surface area contributed by atoms with E-state index in [2.05, 4.69) is 56.2 Å². The number of nitrogens with zero attached hydrogens (tertiary/aromatic N) is 1. The number of benzene rings is 1. The molecule has 96 valence electrons. The van der Waals surface area contributed by atoms with E-state index in [1.807, 2.05) is 7.05 Å². The Morgan fingerprint density at radius 1 is 1.17 bits per heavy atom. The maximum atomic E-state index is 4.68. The van der Waals surface area contributed by atoms with Crippen LogP contribution in [-0.2, 0) is 0 Å². The van der Waals surface area contributed by atoms with Gasteiger partial charge in [0.05, 0.1) is 11.7 Å². The Kier molecular flexibility index (Phi) is 3.83. The Hall–Kier alpha value is -1.19. The number of rotatable bonds is 3. The second-order valence-electron chi connectivity index (χ2n) is 4.78. The van der Waals surface area contributed by atoms with Gasteiger partial charge in [0.1, 0.15) is 5.01 Å². The van der Waals surface area contributed by atoms with Crippen LogP contribution < -0.4 is 5.32 Å². The molecule has 1 unspecified atom stereocenters. The maximum Gasteiger partial charge on any atom is 0.115 e. The van der Waals surface area contributed by atoms with Crippen molar-refractivity contribution in [1.29, 1.82) is 0 Å². The van der Waals surface area contributed by atoms with Gasteiger partial charge >= 0.3 is 0 Å². The Morgan fingerprint density at radius 3 is 2.44 bits per heavy atom.